The predicted molar refractivity (Wildman–Crippen MR) is 89.6 cm³/mol. The predicted octanol–water partition coefficient (Wildman–Crippen LogP) is 5.88. The molecule has 1 heterocycles. The van der Waals surface area contributed by atoms with Crippen molar-refractivity contribution < 1.29 is 22.7 Å². The zero-order valence-electron chi connectivity index (χ0n) is 12.7. The largest absolute Gasteiger partial charge is 0.427 e. The average molecular weight is 388 g/mol. The van der Waals surface area contributed by atoms with E-state index in [4.69, 9.17) is 27.9 Å². The van der Waals surface area contributed by atoms with Crippen LogP contribution in [0.4, 0.5) is 13.2 Å². The van der Waals surface area contributed by atoms with Gasteiger partial charge in [0.1, 0.15) is 5.75 Å². The van der Waals surface area contributed by atoms with Crippen molar-refractivity contribution >= 4 is 40.1 Å². The van der Waals surface area contributed by atoms with Crippen molar-refractivity contribution in [3.8, 4) is 11.4 Å². The van der Waals surface area contributed by atoms with Gasteiger partial charge >= 0.3 is 12.1 Å². The Morgan fingerprint density at radius 3 is 2.28 bits per heavy atom. The molecule has 25 heavy (non-hydrogen) atoms. The third kappa shape index (κ3) is 3.45. The number of fused-ring (bicyclic) bond motifs is 1. The summed E-state index contributed by atoms with van der Waals surface area (Å²) in [5.74, 6) is -0.179. The van der Waals surface area contributed by atoms with Gasteiger partial charge in [-0.25, -0.2) is 0 Å². The fourth-order valence-corrected chi connectivity index (χ4v) is 3.16. The highest BCUT2D eigenvalue weighted by Gasteiger charge is 2.32. The monoisotopic (exact) mass is 387 g/mol. The topological polar surface area (TPSA) is 31.2 Å². The number of rotatable bonds is 2. The van der Waals surface area contributed by atoms with E-state index in [1.54, 1.807) is 35.0 Å². The zero-order valence-corrected chi connectivity index (χ0v) is 14.2. The number of hydrogen-bond donors (Lipinski definition) is 0. The molecule has 0 atom stereocenters. The molecular weight excluding hydrogens is 378 g/mol. The molecule has 0 aliphatic rings. The smallest absolute Gasteiger partial charge is 0.416 e. The number of hydrogen-bond acceptors (Lipinski definition) is 2. The number of nitrogens with zero attached hydrogens (tertiary/aromatic N) is 1. The number of alkyl halides is 3. The Balaban J connectivity index is 2.18. The summed E-state index contributed by atoms with van der Waals surface area (Å²) in [7, 11) is 0. The van der Waals surface area contributed by atoms with Gasteiger partial charge in [0.2, 0.25) is 0 Å². The van der Waals surface area contributed by atoms with E-state index in [1.165, 1.54) is 6.92 Å². The molecule has 2 aromatic carbocycles. The van der Waals surface area contributed by atoms with Crippen LogP contribution in [0.25, 0.3) is 16.6 Å². The maximum Gasteiger partial charge on any atom is 0.416 e. The summed E-state index contributed by atoms with van der Waals surface area (Å²) in [6, 6.07) is 8.31. The fourth-order valence-electron chi connectivity index (χ4n) is 2.49. The summed E-state index contributed by atoms with van der Waals surface area (Å²) in [6.07, 6.45) is -2.92. The van der Waals surface area contributed by atoms with E-state index >= 15 is 0 Å². The van der Waals surface area contributed by atoms with Gasteiger partial charge in [-0.2, -0.15) is 13.2 Å². The van der Waals surface area contributed by atoms with Crippen LogP contribution in [0.5, 0.6) is 5.75 Å². The van der Waals surface area contributed by atoms with Crippen molar-refractivity contribution in [2.24, 2.45) is 0 Å². The van der Waals surface area contributed by atoms with Crippen molar-refractivity contribution in [1.82, 2.24) is 4.57 Å². The lowest BCUT2D eigenvalue weighted by molar-refractivity contribution is -0.137. The molecule has 3 rings (SSSR count). The van der Waals surface area contributed by atoms with E-state index in [0.717, 1.165) is 17.5 Å². The molecule has 0 radical (unpaired) electrons. The van der Waals surface area contributed by atoms with E-state index in [2.05, 4.69) is 0 Å². The van der Waals surface area contributed by atoms with Crippen LogP contribution in [0, 0.1) is 0 Å². The Morgan fingerprint density at radius 2 is 1.72 bits per heavy atom. The van der Waals surface area contributed by atoms with Crippen LogP contribution in [0.15, 0.2) is 42.6 Å². The van der Waals surface area contributed by atoms with E-state index in [9.17, 15) is 18.0 Å². The zero-order chi connectivity index (χ0) is 18.4. The van der Waals surface area contributed by atoms with Crippen molar-refractivity contribution in [2.75, 3.05) is 0 Å². The normalized spacial score (nSPS) is 11.8. The number of halogens is 5. The van der Waals surface area contributed by atoms with Crippen LogP contribution in [0.1, 0.15) is 12.5 Å². The highest BCUT2D eigenvalue weighted by molar-refractivity contribution is 6.38. The molecular formula is C17H10Cl2F3NO2. The van der Waals surface area contributed by atoms with Gasteiger partial charge in [0.05, 0.1) is 26.8 Å². The summed E-state index contributed by atoms with van der Waals surface area (Å²) in [6.45, 7) is 1.27. The molecule has 1 aromatic heterocycles. The molecule has 0 saturated heterocycles. The molecule has 0 unspecified atom stereocenters. The lowest BCUT2D eigenvalue weighted by Gasteiger charge is -2.14. The standard InChI is InChI=1S/C17H10Cl2F3NO2/c1-9(24)25-12-3-2-10-4-5-23(15(10)8-12)16-13(18)6-11(7-14(16)19)17(20,21)22/h2-8H,1H3. The molecule has 0 fully saturated rings. The molecule has 130 valence electrons. The van der Waals surface area contributed by atoms with Gasteiger partial charge in [0.25, 0.3) is 0 Å². The minimum Gasteiger partial charge on any atom is -0.427 e. The SMILES string of the molecule is CC(=O)Oc1ccc2ccn(-c3c(Cl)cc(C(F)(F)F)cc3Cl)c2c1. The van der Waals surface area contributed by atoms with Gasteiger partial charge in [-0.1, -0.05) is 23.2 Å². The summed E-state index contributed by atoms with van der Waals surface area (Å²) in [5.41, 5.74) is -0.128. The maximum absolute atomic E-state index is 12.9. The van der Waals surface area contributed by atoms with E-state index in [0.29, 0.717) is 11.3 Å². The first-order valence-corrected chi connectivity index (χ1v) is 7.78. The van der Waals surface area contributed by atoms with Crippen LogP contribution < -0.4 is 4.74 Å². The van der Waals surface area contributed by atoms with Crippen molar-refractivity contribution in [3.05, 3.63) is 58.2 Å². The van der Waals surface area contributed by atoms with Gasteiger partial charge in [-0.3, -0.25) is 4.79 Å². The average Bonchev–Trinajstić information content (AvgIpc) is 2.88. The van der Waals surface area contributed by atoms with Crippen LogP contribution in [-0.4, -0.2) is 10.5 Å². The molecule has 0 N–H and O–H groups in total. The van der Waals surface area contributed by atoms with Crippen LogP contribution >= 0.6 is 23.2 Å². The molecule has 0 aliphatic carbocycles. The van der Waals surface area contributed by atoms with Crippen LogP contribution in [0.2, 0.25) is 10.0 Å². The van der Waals surface area contributed by atoms with E-state index in [-0.39, 0.29) is 15.7 Å². The lowest BCUT2D eigenvalue weighted by Crippen LogP contribution is -2.06. The van der Waals surface area contributed by atoms with Gasteiger partial charge < -0.3 is 9.30 Å². The molecule has 0 bridgehead atoms. The molecule has 3 aromatic rings. The Hall–Kier alpha value is -2.18. The summed E-state index contributed by atoms with van der Waals surface area (Å²) in [5, 5.41) is 0.494. The minimum atomic E-state index is -4.55. The number of carbonyl (C=O) groups is 1. The summed E-state index contributed by atoms with van der Waals surface area (Å²) in [4.78, 5) is 11.1. The molecule has 0 amide bonds. The summed E-state index contributed by atoms with van der Waals surface area (Å²) < 4.78 is 45.2. The van der Waals surface area contributed by atoms with Crippen molar-refractivity contribution in [2.45, 2.75) is 13.1 Å². The molecule has 3 nitrogen and oxygen atoms in total. The number of carbonyl (C=O) groups excluding carboxylic acids is 1. The first-order chi connectivity index (χ1) is 11.7. The summed E-state index contributed by atoms with van der Waals surface area (Å²) >= 11 is 12.1. The highest BCUT2D eigenvalue weighted by atomic mass is 35.5. The third-order valence-corrected chi connectivity index (χ3v) is 4.09. The highest BCUT2D eigenvalue weighted by Crippen LogP contribution is 2.39. The third-order valence-electron chi connectivity index (χ3n) is 3.51. The van der Waals surface area contributed by atoms with Crippen molar-refractivity contribution in [3.63, 3.8) is 0 Å². The van der Waals surface area contributed by atoms with Crippen LogP contribution in [-0.2, 0) is 11.0 Å². The second-order valence-corrected chi connectivity index (χ2v) is 6.10. The first-order valence-electron chi connectivity index (χ1n) is 7.03. The minimum absolute atomic E-state index is 0.143. The van der Waals surface area contributed by atoms with E-state index in [1.807, 2.05) is 0 Å². The molecule has 0 aliphatic heterocycles. The molecule has 0 spiro atoms. The molecule has 8 heteroatoms. The Bertz CT molecular complexity index is 957. The quantitative estimate of drug-likeness (QED) is 0.406. The number of aromatic nitrogens is 1. The maximum atomic E-state index is 12.9. The van der Waals surface area contributed by atoms with Gasteiger partial charge in [-0.05, 0) is 30.3 Å². The van der Waals surface area contributed by atoms with Gasteiger partial charge in [-0.15, -0.1) is 0 Å². The Morgan fingerprint density at radius 1 is 1.08 bits per heavy atom. The second kappa shape index (κ2) is 6.28. The number of esters is 1. The van der Waals surface area contributed by atoms with Gasteiger partial charge in [0, 0.05) is 24.6 Å². The number of ether oxygens (including phenoxy) is 1. The fraction of sp³-hybridized carbons (Fsp3) is 0.118. The Kier molecular flexibility index (Phi) is 4.43. The lowest BCUT2D eigenvalue weighted by atomic mass is 10.2. The first kappa shape index (κ1) is 17.6. The van der Waals surface area contributed by atoms with Gasteiger partial charge in [0.15, 0.2) is 0 Å². The Labute approximate surface area is 150 Å². The molecule has 0 saturated carbocycles. The number of benzene rings is 2. The van der Waals surface area contributed by atoms with Crippen LogP contribution in [0.3, 0.4) is 0 Å². The van der Waals surface area contributed by atoms with E-state index < -0.39 is 17.7 Å². The second-order valence-electron chi connectivity index (χ2n) is 5.29. The van der Waals surface area contributed by atoms with Crippen molar-refractivity contribution in [1.29, 1.82) is 0 Å².